The van der Waals surface area contributed by atoms with Crippen LogP contribution in [0.1, 0.15) is 26.2 Å². The fraction of sp³-hybridized carbons (Fsp3) is 0.750. The Bertz CT molecular complexity index is 459. The molecule has 0 saturated carbocycles. The van der Waals surface area contributed by atoms with Gasteiger partial charge < -0.3 is 15.5 Å². The first-order valence-electron chi connectivity index (χ1n) is 7.03. The average molecular weight is 304 g/mol. The second kappa shape index (κ2) is 6.77. The Morgan fingerprint density at radius 1 is 1.05 bits per heavy atom. The Labute approximate surface area is 121 Å². The van der Waals surface area contributed by atoms with Crippen LogP contribution in [0, 0.1) is 0 Å². The molecule has 2 rings (SSSR count). The quantitative estimate of drug-likeness (QED) is 0.840. The minimum Gasteiger partial charge on any atom is -0.354 e. The predicted molar refractivity (Wildman–Crippen MR) is 74.6 cm³/mol. The summed E-state index contributed by atoms with van der Waals surface area (Å²) in [6.45, 7) is 4.00. The van der Waals surface area contributed by atoms with Gasteiger partial charge in [0, 0.05) is 26.2 Å². The van der Waals surface area contributed by atoms with Gasteiger partial charge in [-0.05, 0) is 19.8 Å². The Morgan fingerprint density at radius 2 is 1.67 bits per heavy atom. The summed E-state index contributed by atoms with van der Waals surface area (Å²) in [5.74, 6) is 1.06. The number of aromatic nitrogens is 3. The Kier molecular flexibility index (Phi) is 5.03. The maximum absolute atomic E-state index is 12.2. The zero-order chi connectivity index (χ0) is 15.3. The van der Waals surface area contributed by atoms with Crippen LogP contribution < -0.4 is 15.5 Å². The summed E-state index contributed by atoms with van der Waals surface area (Å²) in [5.41, 5.74) is 0. The summed E-state index contributed by atoms with van der Waals surface area (Å²) in [5, 5.41) is 5.58. The van der Waals surface area contributed by atoms with Crippen molar-refractivity contribution in [1.82, 2.24) is 15.0 Å². The first-order chi connectivity index (χ1) is 9.98. The first kappa shape index (κ1) is 15.6. The van der Waals surface area contributed by atoms with Crippen LogP contribution in [0.5, 0.6) is 0 Å². The highest BCUT2D eigenvalue weighted by atomic mass is 19.4. The van der Waals surface area contributed by atoms with Crippen molar-refractivity contribution in [3.63, 3.8) is 0 Å². The molecule has 0 aliphatic carbocycles. The van der Waals surface area contributed by atoms with E-state index in [0.29, 0.717) is 18.4 Å². The van der Waals surface area contributed by atoms with Gasteiger partial charge in [-0.1, -0.05) is 0 Å². The lowest BCUT2D eigenvalue weighted by molar-refractivity contribution is -0.131. The van der Waals surface area contributed by atoms with E-state index in [1.807, 2.05) is 11.8 Å². The van der Waals surface area contributed by atoms with Gasteiger partial charge in [-0.15, -0.1) is 0 Å². The first-order valence-corrected chi connectivity index (χ1v) is 7.03. The topological polar surface area (TPSA) is 66.0 Å². The molecule has 0 aromatic carbocycles. The van der Waals surface area contributed by atoms with Gasteiger partial charge in [0.05, 0.1) is 6.42 Å². The summed E-state index contributed by atoms with van der Waals surface area (Å²) < 4.78 is 36.5. The van der Waals surface area contributed by atoms with Crippen LogP contribution in [0.2, 0.25) is 0 Å². The molecule has 1 saturated heterocycles. The molecule has 21 heavy (non-hydrogen) atoms. The van der Waals surface area contributed by atoms with Gasteiger partial charge in [0.15, 0.2) is 0 Å². The van der Waals surface area contributed by atoms with E-state index < -0.39 is 12.6 Å². The van der Waals surface area contributed by atoms with E-state index >= 15 is 0 Å². The normalized spacial score (nSPS) is 15.3. The molecule has 118 valence electrons. The highest BCUT2D eigenvalue weighted by Gasteiger charge is 2.26. The minimum atomic E-state index is -4.19. The number of nitrogens with one attached hydrogen (secondary N) is 2. The minimum absolute atomic E-state index is 0.173. The summed E-state index contributed by atoms with van der Waals surface area (Å²) in [6.07, 6.45) is -2.98. The van der Waals surface area contributed by atoms with E-state index in [0.717, 1.165) is 25.9 Å². The third-order valence-corrected chi connectivity index (χ3v) is 3.04. The highest BCUT2D eigenvalue weighted by Crippen LogP contribution is 2.21. The number of halogens is 3. The van der Waals surface area contributed by atoms with E-state index in [1.54, 1.807) is 0 Å². The van der Waals surface area contributed by atoms with Crippen molar-refractivity contribution in [1.29, 1.82) is 0 Å². The van der Waals surface area contributed by atoms with Crippen LogP contribution in [0.25, 0.3) is 0 Å². The fourth-order valence-electron chi connectivity index (χ4n) is 2.06. The zero-order valence-corrected chi connectivity index (χ0v) is 11.9. The molecule has 0 unspecified atom stereocenters. The van der Waals surface area contributed by atoms with Crippen molar-refractivity contribution in [3.05, 3.63) is 0 Å². The predicted octanol–water partition coefficient (Wildman–Crippen LogP) is 2.27. The molecular weight excluding hydrogens is 285 g/mol. The maximum Gasteiger partial charge on any atom is 0.390 e. The third kappa shape index (κ3) is 4.91. The second-order valence-corrected chi connectivity index (χ2v) is 4.80. The Balaban J connectivity index is 2.07. The van der Waals surface area contributed by atoms with Gasteiger partial charge in [0.25, 0.3) is 0 Å². The third-order valence-electron chi connectivity index (χ3n) is 3.04. The largest absolute Gasteiger partial charge is 0.390 e. The fourth-order valence-corrected chi connectivity index (χ4v) is 2.06. The number of nitrogens with zero attached hydrogens (tertiary/aromatic N) is 4. The molecule has 1 aliphatic heterocycles. The van der Waals surface area contributed by atoms with E-state index in [1.165, 1.54) is 0 Å². The Morgan fingerprint density at radius 3 is 2.24 bits per heavy atom. The molecule has 9 heteroatoms. The SMILES string of the molecule is CCNc1nc(NCCC(F)(F)F)nc(N2CCCC2)n1. The molecule has 0 spiro atoms. The van der Waals surface area contributed by atoms with Crippen LogP contribution in [0.4, 0.5) is 31.0 Å². The monoisotopic (exact) mass is 304 g/mol. The summed E-state index contributed by atoms with van der Waals surface area (Å²) in [6, 6.07) is 0. The van der Waals surface area contributed by atoms with Crippen LogP contribution >= 0.6 is 0 Å². The van der Waals surface area contributed by atoms with E-state index in [4.69, 9.17) is 0 Å². The summed E-state index contributed by atoms with van der Waals surface area (Å²) in [7, 11) is 0. The summed E-state index contributed by atoms with van der Waals surface area (Å²) in [4.78, 5) is 14.6. The van der Waals surface area contributed by atoms with Crippen LogP contribution in [-0.4, -0.2) is 47.3 Å². The van der Waals surface area contributed by atoms with E-state index in [-0.39, 0.29) is 12.5 Å². The van der Waals surface area contributed by atoms with Crippen molar-refractivity contribution < 1.29 is 13.2 Å². The number of hydrogen-bond acceptors (Lipinski definition) is 6. The smallest absolute Gasteiger partial charge is 0.354 e. The van der Waals surface area contributed by atoms with Crippen molar-refractivity contribution in [3.8, 4) is 0 Å². The van der Waals surface area contributed by atoms with Gasteiger partial charge in [-0.3, -0.25) is 0 Å². The molecule has 1 aliphatic rings. The lowest BCUT2D eigenvalue weighted by Crippen LogP contribution is -2.23. The molecule has 0 amide bonds. The van der Waals surface area contributed by atoms with Gasteiger partial charge in [-0.2, -0.15) is 28.1 Å². The van der Waals surface area contributed by atoms with E-state index in [2.05, 4.69) is 25.6 Å². The standard InChI is InChI=1S/C12H19F3N6/c1-2-16-9-18-10(17-6-5-12(13,14)15)20-11(19-9)21-7-3-4-8-21/h2-8H2,1H3,(H2,16,17,18,19,20). The molecule has 0 bridgehead atoms. The molecule has 1 fully saturated rings. The maximum atomic E-state index is 12.2. The average Bonchev–Trinajstić information content (AvgIpc) is 2.91. The molecular formula is C12H19F3N6. The lowest BCUT2D eigenvalue weighted by atomic mass is 10.4. The molecule has 2 N–H and O–H groups in total. The van der Waals surface area contributed by atoms with Gasteiger partial charge in [0.1, 0.15) is 0 Å². The van der Waals surface area contributed by atoms with Crippen LogP contribution in [0.3, 0.4) is 0 Å². The zero-order valence-electron chi connectivity index (χ0n) is 11.9. The summed E-state index contributed by atoms with van der Waals surface area (Å²) >= 11 is 0. The van der Waals surface area contributed by atoms with E-state index in [9.17, 15) is 13.2 Å². The number of anilines is 3. The van der Waals surface area contributed by atoms with Gasteiger partial charge in [0.2, 0.25) is 17.8 Å². The molecule has 0 atom stereocenters. The van der Waals surface area contributed by atoms with Crippen LogP contribution in [0.15, 0.2) is 0 Å². The van der Waals surface area contributed by atoms with Crippen molar-refractivity contribution >= 4 is 17.8 Å². The van der Waals surface area contributed by atoms with Crippen LogP contribution in [-0.2, 0) is 0 Å². The molecule has 6 nitrogen and oxygen atoms in total. The Hall–Kier alpha value is -1.80. The van der Waals surface area contributed by atoms with Gasteiger partial charge >= 0.3 is 6.18 Å². The number of hydrogen-bond donors (Lipinski definition) is 2. The van der Waals surface area contributed by atoms with Gasteiger partial charge in [-0.25, -0.2) is 0 Å². The van der Waals surface area contributed by atoms with Crippen molar-refractivity contribution in [2.45, 2.75) is 32.4 Å². The van der Waals surface area contributed by atoms with Crippen molar-refractivity contribution in [2.75, 3.05) is 41.7 Å². The number of rotatable bonds is 6. The molecule has 2 heterocycles. The number of alkyl halides is 3. The highest BCUT2D eigenvalue weighted by molar-refractivity contribution is 5.44. The molecule has 0 radical (unpaired) electrons. The molecule has 1 aromatic rings. The molecule has 1 aromatic heterocycles. The lowest BCUT2D eigenvalue weighted by Gasteiger charge is -2.17. The second-order valence-electron chi connectivity index (χ2n) is 4.80. The van der Waals surface area contributed by atoms with Crippen molar-refractivity contribution in [2.24, 2.45) is 0 Å².